The van der Waals surface area contributed by atoms with E-state index in [1.54, 1.807) is 42.1 Å². The molecule has 4 aromatic rings. The number of carbonyl (C=O) groups excluding carboxylic acids is 1. The van der Waals surface area contributed by atoms with Crippen molar-refractivity contribution in [2.45, 2.75) is 18.4 Å². The number of thioether (sulfide) groups is 1. The summed E-state index contributed by atoms with van der Waals surface area (Å²) in [5.74, 6) is 0.113. The molecular formula is C26H23N3O3S. The molecule has 1 aromatic heterocycles. The highest BCUT2D eigenvalue weighted by Gasteiger charge is 2.09. The summed E-state index contributed by atoms with van der Waals surface area (Å²) in [6.07, 6.45) is 1.98. The number of hydrogen-bond acceptors (Lipinski definition) is 5. The molecule has 0 aliphatic carbocycles. The van der Waals surface area contributed by atoms with E-state index in [0.29, 0.717) is 23.7 Å². The van der Waals surface area contributed by atoms with Crippen molar-refractivity contribution in [2.75, 3.05) is 11.6 Å². The Balaban J connectivity index is 1.48. The molecule has 0 saturated heterocycles. The Hall–Kier alpha value is -3.84. The van der Waals surface area contributed by atoms with E-state index in [4.69, 9.17) is 4.74 Å². The van der Waals surface area contributed by atoms with Crippen LogP contribution in [0, 0.1) is 6.92 Å². The molecule has 0 spiro atoms. The second-order valence-corrected chi connectivity index (χ2v) is 8.31. The van der Waals surface area contributed by atoms with Gasteiger partial charge >= 0.3 is 0 Å². The van der Waals surface area contributed by atoms with Gasteiger partial charge in [0.05, 0.1) is 5.69 Å². The number of nitrogens with zero attached hydrogens (tertiary/aromatic N) is 2. The number of aromatic nitrogens is 2. The van der Waals surface area contributed by atoms with Gasteiger partial charge in [0.2, 0.25) is 5.88 Å². The lowest BCUT2D eigenvalue weighted by Gasteiger charge is -2.10. The number of hydrogen-bond donors (Lipinski definition) is 1. The first-order chi connectivity index (χ1) is 16.0. The Morgan fingerprint density at radius 2 is 1.79 bits per heavy atom. The minimum atomic E-state index is -0.288. The van der Waals surface area contributed by atoms with E-state index in [0.717, 1.165) is 21.7 Å². The highest BCUT2D eigenvalue weighted by atomic mass is 32.2. The normalized spacial score (nSPS) is 10.6. The van der Waals surface area contributed by atoms with Gasteiger partial charge in [-0.15, -0.1) is 16.9 Å². The lowest BCUT2D eigenvalue weighted by molar-refractivity contribution is 0.102. The molecule has 1 heterocycles. The largest absolute Gasteiger partial charge is 0.472 e. The van der Waals surface area contributed by atoms with E-state index in [-0.39, 0.29) is 11.5 Å². The predicted molar refractivity (Wildman–Crippen MR) is 132 cm³/mol. The highest BCUT2D eigenvalue weighted by molar-refractivity contribution is 7.98. The van der Waals surface area contributed by atoms with Gasteiger partial charge in [-0.3, -0.25) is 9.59 Å². The molecule has 0 unspecified atom stereocenters. The molecular weight excluding hydrogens is 434 g/mol. The van der Waals surface area contributed by atoms with Gasteiger partial charge in [0.1, 0.15) is 6.61 Å². The zero-order valence-electron chi connectivity index (χ0n) is 18.3. The van der Waals surface area contributed by atoms with E-state index >= 15 is 0 Å². The number of ether oxygens (including phenoxy) is 1. The zero-order valence-corrected chi connectivity index (χ0v) is 19.1. The van der Waals surface area contributed by atoms with Crippen molar-refractivity contribution in [2.24, 2.45) is 0 Å². The number of nitrogens with one attached hydrogen (secondary N) is 1. The fourth-order valence-corrected chi connectivity index (χ4v) is 3.73. The Kier molecular flexibility index (Phi) is 6.90. The first-order valence-electron chi connectivity index (χ1n) is 10.4. The van der Waals surface area contributed by atoms with Crippen molar-refractivity contribution in [1.82, 2.24) is 9.78 Å². The highest BCUT2D eigenvalue weighted by Crippen LogP contribution is 2.20. The van der Waals surface area contributed by atoms with Gasteiger partial charge in [-0.05, 0) is 61.2 Å². The molecule has 4 rings (SSSR count). The van der Waals surface area contributed by atoms with Crippen molar-refractivity contribution < 1.29 is 9.53 Å². The molecule has 0 fully saturated rings. The number of aryl methyl sites for hydroxylation is 1. The average molecular weight is 458 g/mol. The summed E-state index contributed by atoms with van der Waals surface area (Å²) < 4.78 is 7.03. The molecule has 33 heavy (non-hydrogen) atoms. The third-order valence-electron chi connectivity index (χ3n) is 4.95. The third-order valence-corrected chi connectivity index (χ3v) is 5.67. The smallest absolute Gasteiger partial charge is 0.271 e. The molecule has 0 bridgehead atoms. The third kappa shape index (κ3) is 5.70. The molecule has 166 valence electrons. The van der Waals surface area contributed by atoms with E-state index in [1.165, 1.54) is 10.7 Å². The van der Waals surface area contributed by atoms with Crippen LogP contribution >= 0.6 is 11.8 Å². The maximum Gasteiger partial charge on any atom is 0.271 e. The Morgan fingerprint density at radius 3 is 2.55 bits per heavy atom. The average Bonchev–Trinajstić information content (AvgIpc) is 2.84. The van der Waals surface area contributed by atoms with Crippen LogP contribution in [0.1, 0.15) is 21.5 Å². The maximum absolute atomic E-state index is 12.6. The number of anilines is 1. The van der Waals surface area contributed by atoms with Crippen molar-refractivity contribution >= 4 is 23.4 Å². The molecule has 0 aliphatic heterocycles. The van der Waals surface area contributed by atoms with E-state index in [2.05, 4.69) is 10.4 Å². The van der Waals surface area contributed by atoms with Crippen molar-refractivity contribution in [3.05, 3.63) is 112 Å². The van der Waals surface area contributed by atoms with Gasteiger partial charge in [-0.1, -0.05) is 35.9 Å². The van der Waals surface area contributed by atoms with Gasteiger partial charge in [-0.25, -0.2) is 0 Å². The molecule has 1 amide bonds. The van der Waals surface area contributed by atoms with Crippen LogP contribution in [0.15, 0.2) is 94.6 Å². The predicted octanol–water partition coefficient (Wildman–Crippen LogP) is 5.09. The quantitative estimate of drug-likeness (QED) is 0.391. The summed E-state index contributed by atoms with van der Waals surface area (Å²) in [5.41, 5.74) is 3.63. The molecule has 6 nitrogen and oxygen atoms in total. The van der Waals surface area contributed by atoms with Crippen LogP contribution in [-0.2, 0) is 6.61 Å². The minimum Gasteiger partial charge on any atom is -0.472 e. The standard InChI is InChI=1S/C26H23N3O3S/c1-18-5-3-6-19(15-18)17-32-24-13-14-25(30)29(28-24)22-11-9-20(10-12-22)26(31)27-21-7-4-8-23(16-21)33-2/h3-16H,17H2,1-2H3,(H,27,31). The van der Waals surface area contributed by atoms with Crippen LogP contribution in [0.3, 0.4) is 0 Å². The first-order valence-corrected chi connectivity index (χ1v) is 11.6. The summed E-state index contributed by atoms with van der Waals surface area (Å²) >= 11 is 1.61. The molecule has 0 atom stereocenters. The lowest BCUT2D eigenvalue weighted by atomic mass is 10.1. The van der Waals surface area contributed by atoms with Crippen molar-refractivity contribution in [3.8, 4) is 11.6 Å². The molecule has 7 heteroatoms. The molecule has 1 N–H and O–H groups in total. The summed E-state index contributed by atoms with van der Waals surface area (Å²) in [6, 6.07) is 25.3. The van der Waals surface area contributed by atoms with Crippen molar-refractivity contribution in [1.29, 1.82) is 0 Å². The summed E-state index contributed by atoms with van der Waals surface area (Å²) in [4.78, 5) is 26.0. The molecule has 0 saturated carbocycles. The molecule has 3 aromatic carbocycles. The van der Waals surface area contributed by atoms with Crippen molar-refractivity contribution in [3.63, 3.8) is 0 Å². The number of carbonyl (C=O) groups is 1. The topological polar surface area (TPSA) is 73.2 Å². The monoisotopic (exact) mass is 457 g/mol. The van der Waals surface area contributed by atoms with Gasteiger partial charge in [-0.2, -0.15) is 4.68 Å². The summed E-state index contributed by atoms with van der Waals surface area (Å²) in [7, 11) is 0. The van der Waals surface area contributed by atoms with Crippen LogP contribution in [0.4, 0.5) is 5.69 Å². The first kappa shape index (κ1) is 22.4. The lowest BCUT2D eigenvalue weighted by Crippen LogP contribution is -2.20. The SMILES string of the molecule is CSc1cccc(NC(=O)c2ccc(-n3nc(OCc4cccc(C)c4)ccc3=O)cc2)c1. The van der Waals surface area contributed by atoms with Gasteiger partial charge < -0.3 is 10.1 Å². The fourth-order valence-electron chi connectivity index (χ4n) is 3.27. The maximum atomic E-state index is 12.6. The van der Waals surface area contributed by atoms with Gasteiger partial charge in [0, 0.05) is 28.3 Å². The van der Waals surface area contributed by atoms with Crippen LogP contribution in [0.5, 0.6) is 5.88 Å². The zero-order chi connectivity index (χ0) is 23.2. The van der Waals surface area contributed by atoms with E-state index < -0.39 is 0 Å². The van der Waals surface area contributed by atoms with E-state index in [1.807, 2.05) is 61.7 Å². The molecule has 0 aliphatic rings. The van der Waals surface area contributed by atoms with Crippen LogP contribution in [0.2, 0.25) is 0 Å². The molecule has 0 radical (unpaired) electrons. The van der Waals surface area contributed by atoms with Gasteiger partial charge in [0.15, 0.2) is 0 Å². The van der Waals surface area contributed by atoms with Crippen LogP contribution in [0.25, 0.3) is 5.69 Å². The Labute approximate surface area is 196 Å². The number of rotatable bonds is 7. The second-order valence-electron chi connectivity index (χ2n) is 7.43. The van der Waals surface area contributed by atoms with Crippen LogP contribution in [-0.4, -0.2) is 21.9 Å². The number of benzene rings is 3. The Morgan fingerprint density at radius 1 is 1.00 bits per heavy atom. The second kappa shape index (κ2) is 10.2. The van der Waals surface area contributed by atoms with E-state index in [9.17, 15) is 9.59 Å². The minimum absolute atomic E-state index is 0.227. The van der Waals surface area contributed by atoms with Crippen LogP contribution < -0.4 is 15.6 Å². The Bertz CT molecular complexity index is 1330. The van der Waals surface area contributed by atoms with Gasteiger partial charge in [0.25, 0.3) is 11.5 Å². The summed E-state index contributed by atoms with van der Waals surface area (Å²) in [5, 5.41) is 7.21. The number of amides is 1. The summed E-state index contributed by atoms with van der Waals surface area (Å²) in [6.45, 7) is 2.37. The fraction of sp³-hybridized carbons (Fsp3) is 0.115.